The van der Waals surface area contributed by atoms with Gasteiger partial charge in [0.15, 0.2) is 0 Å². The van der Waals surface area contributed by atoms with Crippen molar-refractivity contribution in [3.8, 4) is 11.3 Å². The van der Waals surface area contributed by atoms with Gasteiger partial charge in [0.2, 0.25) is 0 Å². The molecule has 0 atom stereocenters. The number of benzene rings is 1. The average Bonchev–Trinajstić information content (AvgIpc) is 3.27. The van der Waals surface area contributed by atoms with Crippen LogP contribution in [0.1, 0.15) is 30.5 Å². The van der Waals surface area contributed by atoms with Crippen LogP contribution in [0.5, 0.6) is 0 Å². The van der Waals surface area contributed by atoms with Gasteiger partial charge in [0.25, 0.3) is 0 Å². The second-order valence-corrected chi connectivity index (χ2v) is 6.20. The third-order valence-corrected chi connectivity index (χ3v) is 4.59. The van der Waals surface area contributed by atoms with Crippen LogP contribution in [0.25, 0.3) is 11.3 Å². The predicted octanol–water partition coefficient (Wildman–Crippen LogP) is 3.60. The van der Waals surface area contributed by atoms with E-state index < -0.39 is 0 Å². The summed E-state index contributed by atoms with van der Waals surface area (Å²) in [6.07, 6.45) is 5.32. The highest BCUT2D eigenvalue weighted by molar-refractivity contribution is 5.62. The number of nitrogens with one attached hydrogen (secondary N) is 1. The molecule has 0 radical (unpaired) electrons. The van der Waals surface area contributed by atoms with Crippen LogP contribution < -0.4 is 5.32 Å². The molecule has 2 aromatic rings. The number of hydrogen-bond donors (Lipinski definition) is 1. The Morgan fingerprint density at radius 2 is 2.00 bits per heavy atom. The molecule has 0 saturated heterocycles. The highest BCUT2D eigenvalue weighted by Gasteiger charge is 2.26. The summed E-state index contributed by atoms with van der Waals surface area (Å²) in [7, 11) is 0. The fourth-order valence-electron chi connectivity index (χ4n) is 3.31. The molecular weight excluding hydrogens is 244 g/mol. The number of aromatic nitrogens is 1. The average molecular weight is 266 g/mol. The van der Waals surface area contributed by atoms with Gasteiger partial charge >= 0.3 is 0 Å². The Hall–Kier alpha value is -1.54. The predicted molar refractivity (Wildman–Crippen MR) is 82.6 cm³/mol. The quantitative estimate of drug-likeness (QED) is 0.898. The molecule has 1 fully saturated rings. The molecule has 0 spiro atoms. The van der Waals surface area contributed by atoms with E-state index in [1.807, 2.05) is 0 Å². The van der Waals surface area contributed by atoms with Crippen LogP contribution in [0.15, 0.2) is 36.4 Å². The van der Waals surface area contributed by atoms with Crippen molar-refractivity contribution < 1.29 is 0 Å². The third kappa shape index (κ3) is 2.29. The lowest BCUT2D eigenvalue weighted by molar-refractivity contribution is 0.601. The van der Waals surface area contributed by atoms with E-state index in [0.717, 1.165) is 19.0 Å². The van der Waals surface area contributed by atoms with Gasteiger partial charge in [0.1, 0.15) is 0 Å². The van der Waals surface area contributed by atoms with Gasteiger partial charge in [-0.2, -0.15) is 0 Å². The van der Waals surface area contributed by atoms with Gasteiger partial charge < -0.3 is 9.88 Å². The summed E-state index contributed by atoms with van der Waals surface area (Å²) >= 11 is 0. The van der Waals surface area contributed by atoms with E-state index in [1.54, 1.807) is 5.69 Å². The molecule has 2 nitrogen and oxygen atoms in total. The van der Waals surface area contributed by atoms with Crippen molar-refractivity contribution in [2.24, 2.45) is 5.92 Å². The first kappa shape index (κ1) is 12.2. The van der Waals surface area contributed by atoms with E-state index in [2.05, 4.69) is 46.3 Å². The Labute approximate surface area is 120 Å². The number of hydrogen-bond acceptors (Lipinski definition) is 1. The standard InChI is InChI=1S/C18H22N2/c1-2-5-15(6-3-1)18-11-16-12-19-10-4-7-17(16)20(18)13-14-8-9-14/h1-3,5-6,11,14,19H,4,7-10,12-13H2. The molecular formula is C18H22N2. The summed E-state index contributed by atoms with van der Waals surface area (Å²) in [4.78, 5) is 0. The van der Waals surface area contributed by atoms with Crippen molar-refractivity contribution in [3.63, 3.8) is 0 Å². The first-order valence-electron chi connectivity index (χ1n) is 7.89. The summed E-state index contributed by atoms with van der Waals surface area (Å²) in [5.41, 5.74) is 5.88. The van der Waals surface area contributed by atoms with Crippen molar-refractivity contribution in [2.75, 3.05) is 6.54 Å². The largest absolute Gasteiger partial charge is 0.344 e. The normalized spacial score (nSPS) is 18.6. The molecule has 0 bridgehead atoms. The van der Waals surface area contributed by atoms with Gasteiger partial charge in [-0.05, 0) is 55.3 Å². The first-order valence-corrected chi connectivity index (χ1v) is 7.89. The maximum Gasteiger partial charge on any atom is 0.0485 e. The summed E-state index contributed by atoms with van der Waals surface area (Å²) in [5.74, 6) is 0.921. The fourth-order valence-corrected chi connectivity index (χ4v) is 3.31. The molecule has 1 aromatic carbocycles. The molecule has 2 heterocycles. The Morgan fingerprint density at radius 1 is 1.15 bits per heavy atom. The molecule has 1 saturated carbocycles. The van der Waals surface area contributed by atoms with Crippen LogP contribution in [0, 0.1) is 5.92 Å². The molecule has 0 unspecified atom stereocenters. The summed E-state index contributed by atoms with van der Waals surface area (Å²) in [6.45, 7) is 3.41. The van der Waals surface area contributed by atoms with E-state index in [0.29, 0.717) is 0 Å². The van der Waals surface area contributed by atoms with Crippen molar-refractivity contribution in [1.29, 1.82) is 0 Å². The molecule has 1 N–H and O–H groups in total. The molecule has 20 heavy (non-hydrogen) atoms. The van der Waals surface area contributed by atoms with E-state index >= 15 is 0 Å². The Balaban J connectivity index is 1.80. The highest BCUT2D eigenvalue weighted by Crippen LogP contribution is 2.35. The second-order valence-electron chi connectivity index (χ2n) is 6.20. The lowest BCUT2D eigenvalue weighted by Gasteiger charge is -2.13. The van der Waals surface area contributed by atoms with Gasteiger partial charge in [-0.15, -0.1) is 0 Å². The molecule has 4 rings (SSSR count). The molecule has 2 heteroatoms. The zero-order valence-corrected chi connectivity index (χ0v) is 11.9. The molecule has 104 valence electrons. The van der Waals surface area contributed by atoms with Crippen LogP contribution in [0.3, 0.4) is 0 Å². The summed E-state index contributed by atoms with van der Waals surface area (Å²) in [5, 5.41) is 3.55. The maximum atomic E-state index is 3.55. The van der Waals surface area contributed by atoms with E-state index in [9.17, 15) is 0 Å². The zero-order chi connectivity index (χ0) is 13.4. The van der Waals surface area contributed by atoms with Gasteiger partial charge in [0.05, 0.1) is 0 Å². The first-order chi connectivity index (χ1) is 9.92. The molecule has 0 amide bonds. The monoisotopic (exact) mass is 266 g/mol. The summed E-state index contributed by atoms with van der Waals surface area (Å²) in [6, 6.07) is 13.3. The second kappa shape index (κ2) is 5.10. The molecule has 1 aromatic heterocycles. The van der Waals surface area contributed by atoms with Crippen LogP contribution in [-0.2, 0) is 19.5 Å². The minimum Gasteiger partial charge on any atom is -0.344 e. The van der Waals surface area contributed by atoms with Gasteiger partial charge in [-0.1, -0.05) is 30.3 Å². The lowest BCUT2D eigenvalue weighted by Crippen LogP contribution is -2.11. The van der Waals surface area contributed by atoms with E-state index in [1.165, 1.54) is 49.0 Å². The minimum absolute atomic E-state index is 0.921. The van der Waals surface area contributed by atoms with Crippen LogP contribution in [0.2, 0.25) is 0 Å². The SMILES string of the molecule is c1ccc(-c2cc3c(n2CC2CC2)CCCNC3)cc1. The Bertz CT molecular complexity index is 593. The van der Waals surface area contributed by atoms with Gasteiger partial charge in [-0.3, -0.25) is 0 Å². The van der Waals surface area contributed by atoms with Crippen LogP contribution in [0.4, 0.5) is 0 Å². The zero-order valence-electron chi connectivity index (χ0n) is 11.9. The van der Waals surface area contributed by atoms with Gasteiger partial charge in [-0.25, -0.2) is 0 Å². The van der Waals surface area contributed by atoms with Crippen LogP contribution >= 0.6 is 0 Å². The van der Waals surface area contributed by atoms with Crippen molar-refractivity contribution in [3.05, 3.63) is 47.7 Å². The van der Waals surface area contributed by atoms with Gasteiger partial charge in [0, 0.05) is 24.5 Å². The molecule has 1 aliphatic carbocycles. The highest BCUT2D eigenvalue weighted by atomic mass is 15.0. The summed E-state index contributed by atoms with van der Waals surface area (Å²) < 4.78 is 2.62. The fraction of sp³-hybridized carbons (Fsp3) is 0.444. The lowest BCUT2D eigenvalue weighted by atomic mass is 10.1. The molecule has 2 aliphatic rings. The molecule has 1 aliphatic heterocycles. The number of fused-ring (bicyclic) bond motifs is 1. The topological polar surface area (TPSA) is 17.0 Å². The third-order valence-electron chi connectivity index (χ3n) is 4.59. The van der Waals surface area contributed by atoms with Crippen molar-refractivity contribution in [1.82, 2.24) is 9.88 Å². The number of rotatable bonds is 3. The Morgan fingerprint density at radius 3 is 2.80 bits per heavy atom. The maximum absolute atomic E-state index is 3.55. The van der Waals surface area contributed by atoms with Crippen molar-refractivity contribution >= 4 is 0 Å². The van der Waals surface area contributed by atoms with E-state index in [-0.39, 0.29) is 0 Å². The Kier molecular flexibility index (Phi) is 3.12. The number of nitrogens with zero attached hydrogens (tertiary/aromatic N) is 1. The van der Waals surface area contributed by atoms with Crippen LogP contribution in [-0.4, -0.2) is 11.1 Å². The van der Waals surface area contributed by atoms with Crippen molar-refractivity contribution in [2.45, 2.75) is 38.8 Å². The smallest absolute Gasteiger partial charge is 0.0485 e. The van der Waals surface area contributed by atoms with E-state index in [4.69, 9.17) is 0 Å². The minimum atomic E-state index is 0.921.